The van der Waals surface area contributed by atoms with Crippen molar-refractivity contribution in [1.29, 1.82) is 0 Å². The summed E-state index contributed by atoms with van der Waals surface area (Å²) in [6.07, 6.45) is 0. The van der Waals surface area contributed by atoms with Gasteiger partial charge in [-0.2, -0.15) is 0 Å². The number of likely N-dealkylation sites (N-methyl/N-ethyl adjacent to an activating group) is 1. The summed E-state index contributed by atoms with van der Waals surface area (Å²) in [6, 6.07) is 9.83. The van der Waals surface area contributed by atoms with Crippen molar-refractivity contribution in [1.82, 2.24) is 4.90 Å². The number of guanidine groups is 1. The summed E-state index contributed by atoms with van der Waals surface area (Å²) < 4.78 is 0. The van der Waals surface area contributed by atoms with E-state index in [2.05, 4.69) is 29.1 Å². The lowest BCUT2D eigenvalue weighted by Gasteiger charge is -2.16. The SMILES string of the molecule is CCN(CC)CCN=C(N)Nc1ccccc1. The van der Waals surface area contributed by atoms with Crippen molar-refractivity contribution in [3.8, 4) is 0 Å². The number of benzene rings is 1. The Labute approximate surface area is 104 Å². The summed E-state index contributed by atoms with van der Waals surface area (Å²) in [4.78, 5) is 6.62. The van der Waals surface area contributed by atoms with E-state index in [1.165, 1.54) is 0 Å². The van der Waals surface area contributed by atoms with Gasteiger partial charge in [0.2, 0.25) is 0 Å². The Balaban J connectivity index is 2.35. The molecule has 94 valence electrons. The largest absolute Gasteiger partial charge is 0.370 e. The molecule has 0 aliphatic rings. The molecule has 1 aromatic rings. The molecule has 4 nitrogen and oxygen atoms in total. The second kappa shape index (κ2) is 7.68. The van der Waals surface area contributed by atoms with Crippen molar-refractivity contribution in [3.05, 3.63) is 30.3 Å². The predicted molar refractivity (Wildman–Crippen MR) is 74.3 cm³/mol. The number of rotatable bonds is 6. The zero-order chi connectivity index (χ0) is 12.5. The Hall–Kier alpha value is -1.55. The fourth-order valence-electron chi connectivity index (χ4n) is 1.56. The second-order valence-corrected chi connectivity index (χ2v) is 3.78. The van der Waals surface area contributed by atoms with Crippen LogP contribution in [0.15, 0.2) is 35.3 Å². The van der Waals surface area contributed by atoms with Crippen molar-refractivity contribution >= 4 is 11.6 Å². The summed E-state index contributed by atoms with van der Waals surface area (Å²) in [6.45, 7) is 8.09. The standard InChI is InChI=1S/C13H22N4/c1-3-17(4-2)11-10-15-13(14)16-12-8-6-5-7-9-12/h5-9H,3-4,10-11H2,1-2H3,(H3,14,15,16). The van der Waals surface area contributed by atoms with E-state index in [1.807, 2.05) is 30.3 Å². The molecule has 0 fully saturated rings. The van der Waals surface area contributed by atoms with Crippen LogP contribution >= 0.6 is 0 Å². The van der Waals surface area contributed by atoms with Crippen molar-refractivity contribution in [2.24, 2.45) is 10.7 Å². The van der Waals surface area contributed by atoms with Gasteiger partial charge in [-0.1, -0.05) is 32.0 Å². The van der Waals surface area contributed by atoms with E-state index in [-0.39, 0.29) is 0 Å². The molecular weight excluding hydrogens is 212 g/mol. The van der Waals surface area contributed by atoms with Crippen LogP contribution in [0.25, 0.3) is 0 Å². The first-order valence-electron chi connectivity index (χ1n) is 6.10. The Morgan fingerprint density at radius 3 is 2.47 bits per heavy atom. The lowest BCUT2D eigenvalue weighted by molar-refractivity contribution is 0.313. The molecule has 0 aliphatic carbocycles. The maximum atomic E-state index is 5.80. The number of para-hydroxylation sites is 1. The summed E-state index contributed by atoms with van der Waals surface area (Å²) in [5, 5.41) is 3.06. The summed E-state index contributed by atoms with van der Waals surface area (Å²) in [7, 11) is 0. The number of hydrogen-bond acceptors (Lipinski definition) is 2. The highest BCUT2D eigenvalue weighted by atomic mass is 15.1. The molecule has 1 aromatic carbocycles. The van der Waals surface area contributed by atoms with E-state index in [0.717, 1.165) is 31.9 Å². The molecule has 0 spiro atoms. The fourth-order valence-corrected chi connectivity index (χ4v) is 1.56. The van der Waals surface area contributed by atoms with Crippen LogP contribution in [0.3, 0.4) is 0 Å². The van der Waals surface area contributed by atoms with Gasteiger partial charge < -0.3 is 16.0 Å². The minimum absolute atomic E-state index is 0.475. The van der Waals surface area contributed by atoms with Gasteiger partial charge in [0.15, 0.2) is 5.96 Å². The molecular formula is C13H22N4. The van der Waals surface area contributed by atoms with Crippen LogP contribution in [-0.4, -0.2) is 37.0 Å². The smallest absolute Gasteiger partial charge is 0.193 e. The first-order chi connectivity index (χ1) is 8.26. The van der Waals surface area contributed by atoms with Gasteiger partial charge in [0.1, 0.15) is 0 Å². The molecule has 0 saturated carbocycles. The highest BCUT2D eigenvalue weighted by Crippen LogP contribution is 2.03. The summed E-state index contributed by atoms with van der Waals surface area (Å²) >= 11 is 0. The monoisotopic (exact) mass is 234 g/mol. The van der Waals surface area contributed by atoms with Crippen LogP contribution in [-0.2, 0) is 0 Å². The zero-order valence-corrected chi connectivity index (χ0v) is 10.7. The first kappa shape index (κ1) is 13.5. The van der Waals surface area contributed by atoms with Gasteiger partial charge in [-0.3, -0.25) is 4.99 Å². The molecule has 0 radical (unpaired) electrons. The van der Waals surface area contributed by atoms with Crippen LogP contribution in [0.5, 0.6) is 0 Å². The molecule has 0 amide bonds. The molecule has 4 heteroatoms. The lowest BCUT2D eigenvalue weighted by Crippen LogP contribution is -2.28. The fraction of sp³-hybridized carbons (Fsp3) is 0.462. The molecule has 0 bridgehead atoms. The van der Waals surface area contributed by atoms with E-state index in [1.54, 1.807) is 0 Å². The molecule has 0 aliphatic heterocycles. The molecule has 0 aromatic heterocycles. The van der Waals surface area contributed by atoms with Gasteiger partial charge >= 0.3 is 0 Å². The molecule has 3 N–H and O–H groups in total. The van der Waals surface area contributed by atoms with Crippen LogP contribution in [0.2, 0.25) is 0 Å². The van der Waals surface area contributed by atoms with E-state index in [0.29, 0.717) is 5.96 Å². The summed E-state index contributed by atoms with van der Waals surface area (Å²) in [5.41, 5.74) is 6.76. The van der Waals surface area contributed by atoms with Crippen LogP contribution in [0.1, 0.15) is 13.8 Å². The van der Waals surface area contributed by atoms with E-state index in [9.17, 15) is 0 Å². The van der Waals surface area contributed by atoms with Crippen LogP contribution < -0.4 is 11.1 Å². The average Bonchev–Trinajstić information content (AvgIpc) is 2.36. The maximum absolute atomic E-state index is 5.80. The minimum Gasteiger partial charge on any atom is -0.370 e. The van der Waals surface area contributed by atoms with Crippen molar-refractivity contribution in [3.63, 3.8) is 0 Å². The van der Waals surface area contributed by atoms with Gasteiger partial charge in [0.05, 0.1) is 6.54 Å². The zero-order valence-electron chi connectivity index (χ0n) is 10.7. The highest BCUT2D eigenvalue weighted by Gasteiger charge is 1.97. The molecule has 0 atom stereocenters. The number of nitrogens with one attached hydrogen (secondary N) is 1. The molecule has 17 heavy (non-hydrogen) atoms. The number of nitrogens with zero attached hydrogens (tertiary/aromatic N) is 2. The van der Waals surface area contributed by atoms with Crippen LogP contribution in [0.4, 0.5) is 5.69 Å². The minimum atomic E-state index is 0.475. The second-order valence-electron chi connectivity index (χ2n) is 3.78. The highest BCUT2D eigenvalue weighted by molar-refractivity contribution is 5.92. The van der Waals surface area contributed by atoms with Crippen molar-refractivity contribution in [2.75, 3.05) is 31.5 Å². The van der Waals surface area contributed by atoms with Gasteiger partial charge in [0, 0.05) is 12.2 Å². The van der Waals surface area contributed by atoms with Gasteiger partial charge in [-0.15, -0.1) is 0 Å². The normalized spacial score (nSPS) is 11.8. The van der Waals surface area contributed by atoms with E-state index < -0.39 is 0 Å². The first-order valence-corrected chi connectivity index (χ1v) is 6.10. The average molecular weight is 234 g/mol. The molecule has 0 heterocycles. The van der Waals surface area contributed by atoms with Gasteiger partial charge in [-0.05, 0) is 25.2 Å². The maximum Gasteiger partial charge on any atom is 0.193 e. The quantitative estimate of drug-likeness (QED) is 0.582. The third-order valence-corrected chi connectivity index (χ3v) is 2.64. The van der Waals surface area contributed by atoms with E-state index in [4.69, 9.17) is 5.73 Å². The Kier molecular flexibility index (Phi) is 6.10. The summed E-state index contributed by atoms with van der Waals surface area (Å²) in [5.74, 6) is 0.475. The Morgan fingerprint density at radius 2 is 1.88 bits per heavy atom. The van der Waals surface area contributed by atoms with Crippen LogP contribution in [0, 0.1) is 0 Å². The number of hydrogen-bond donors (Lipinski definition) is 2. The number of aliphatic imine (C=N–C) groups is 1. The third-order valence-electron chi connectivity index (χ3n) is 2.64. The third kappa shape index (κ3) is 5.36. The molecule has 1 rings (SSSR count). The Morgan fingerprint density at radius 1 is 1.24 bits per heavy atom. The predicted octanol–water partition coefficient (Wildman–Crippen LogP) is 1.75. The molecule has 0 unspecified atom stereocenters. The van der Waals surface area contributed by atoms with E-state index >= 15 is 0 Å². The topological polar surface area (TPSA) is 53.6 Å². The molecule has 0 saturated heterocycles. The number of nitrogens with two attached hydrogens (primary N) is 1. The van der Waals surface area contributed by atoms with Gasteiger partial charge in [-0.25, -0.2) is 0 Å². The lowest BCUT2D eigenvalue weighted by atomic mass is 10.3. The number of anilines is 1. The van der Waals surface area contributed by atoms with Crippen molar-refractivity contribution in [2.45, 2.75) is 13.8 Å². The van der Waals surface area contributed by atoms with Gasteiger partial charge in [0.25, 0.3) is 0 Å². The Bertz CT molecular complexity index is 331. The van der Waals surface area contributed by atoms with Crippen molar-refractivity contribution < 1.29 is 0 Å².